The highest BCUT2D eigenvalue weighted by atomic mass is 35.5. The molecule has 1 aromatic rings. The van der Waals surface area contributed by atoms with E-state index in [1.165, 1.54) is 10.5 Å². The first-order valence-electron chi connectivity index (χ1n) is 5.82. The van der Waals surface area contributed by atoms with Gasteiger partial charge in [-0.05, 0) is 17.2 Å². The second-order valence-corrected chi connectivity index (χ2v) is 4.62. The van der Waals surface area contributed by atoms with Gasteiger partial charge in [0.05, 0.1) is 12.6 Å². The summed E-state index contributed by atoms with van der Waals surface area (Å²) in [4.78, 5) is 14.7. The highest BCUT2D eigenvalue weighted by molar-refractivity contribution is 6.62. The molecule has 1 heterocycles. The molecule has 0 aliphatic carbocycles. The molecule has 94 valence electrons. The lowest BCUT2D eigenvalue weighted by Gasteiger charge is -2.37. The fraction of sp³-hybridized carbons (Fsp3) is 0.385. The Labute approximate surface area is 111 Å². The number of hydrogen-bond acceptors (Lipinski definition) is 3. The summed E-state index contributed by atoms with van der Waals surface area (Å²) in [6.45, 7) is 2.36. The van der Waals surface area contributed by atoms with E-state index in [0.717, 1.165) is 6.54 Å². The quantitative estimate of drug-likeness (QED) is 0.606. The molecule has 1 fully saturated rings. The maximum Gasteiger partial charge on any atom is 0.316 e. The van der Waals surface area contributed by atoms with Crippen LogP contribution < -0.4 is 0 Å². The molecule has 1 saturated heterocycles. The van der Waals surface area contributed by atoms with E-state index >= 15 is 0 Å². The zero-order chi connectivity index (χ0) is 13.0. The summed E-state index contributed by atoms with van der Waals surface area (Å²) in [7, 11) is 0. The summed E-state index contributed by atoms with van der Waals surface area (Å²) in [5, 5.41) is 8.69. The van der Waals surface area contributed by atoms with Gasteiger partial charge in [0, 0.05) is 19.6 Å². The number of hydrogen-bond donors (Lipinski definition) is 0. The van der Waals surface area contributed by atoms with Crippen LogP contribution in [-0.2, 0) is 6.54 Å². The number of carbonyl (C=O) groups excluding carboxylic acids is 1. The molecule has 18 heavy (non-hydrogen) atoms. The zero-order valence-corrected chi connectivity index (χ0v) is 10.7. The van der Waals surface area contributed by atoms with Gasteiger partial charge in [0.2, 0.25) is 0 Å². The molecule has 0 radical (unpaired) electrons. The van der Waals surface area contributed by atoms with Crippen LogP contribution in [0.15, 0.2) is 30.3 Å². The third-order valence-corrected chi connectivity index (χ3v) is 3.36. The zero-order valence-electron chi connectivity index (χ0n) is 9.92. The molecular weight excluding hydrogens is 250 g/mol. The molecular formula is C13H14ClN3O. The second-order valence-electron chi connectivity index (χ2n) is 4.30. The predicted octanol–water partition coefficient (Wildman–Crippen LogP) is 2.06. The summed E-state index contributed by atoms with van der Waals surface area (Å²) < 4.78 is 0. The number of benzene rings is 1. The summed E-state index contributed by atoms with van der Waals surface area (Å²) in [6.07, 6.45) is 0. The van der Waals surface area contributed by atoms with Crippen molar-refractivity contribution in [3.8, 4) is 6.07 Å². The maximum absolute atomic E-state index is 11.1. The number of nitrogens with zero attached hydrogens (tertiary/aromatic N) is 3. The van der Waals surface area contributed by atoms with Gasteiger partial charge in [0.15, 0.2) is 0 Å². The standard InChI is InChI=1S/C13H14ClN3O/c14-13(18)17-7-6-16(12(8-15)10-17)9-11-4-2-1-3-5-11/h1-5,12H,6-7,9-10H2. The normalized spacial score (nSPS) is 20.4. The Morgan fingerprint density at radius 3 is 2.72 bits per heavy atom. The van der Waals surface area contributed by atoms with Gasteiger partial charge in [-0.2, -0.15) is 5.26 Å². The number of amides is 1. The van der Waals surface area contributed by atoms with Crippen molar-refractivity contribution in [1.82, 2.24) is 9.80 Å². The van der Waals surface area contributed by atoms with Gasteiger partial charge in [-0.15, -0.1) is 0 Å². The van der Waals surface area contributed by atoms with Crippen molar-refractivity contribution in [3.05, 3.63) is 35.9 Å². The Bertz CT molecular complexity index is 457. The highest BCUT2D eigenvalue weighted by Gasteiger charge is 2.28. The molecule has 0 bridgehead atoms. The molecule has 1 unspecified atom stereocenters. The first kappa shape index (κ1) is 12.9. The van der Waals surface area contributed by atoms with Crippen LogP contribution in [0.5, 0.6) is 0 Å². The van der Waals surface area contributed by atoms with Crippen molar-refractivity contribution in [2.75, 3.05) is 19.6 Å². The molecule has 1 aliphatic rings. The molecule has 0 aromatic heterocycles. The van der Waals surface area contributed by atoms with E-state index in [2.05, 4.69) is 11.0 Å². The van der Waals surface area contributed by atoms with Crippen LogP contribution in [-0.4, -0.2) is 40.8 Å². The van der Waals surface area contributed by atoms with Crippen molar-refractivity contribution >= 4 is 17.0 Å². The second kappa shape index (κ2) is 5.85. The minimum absolute atomic E-state index is 0.290. The largest absolute Gasteiger partial charge is 0.325 e. The van der Waals surface area contributed by atoms with E-state index in [-0.39, 0.29) is 6.04 Å². The summed E-state index contributed by atoms with van der Waals surface area (Å²) >= 11 is 5.45. The topological polar surface area (TPSA) is 47.3 Å². The molecule has 5 heteroatoms. The fourth-order valence-corrected chi connectivity index (χ4v) is 2.26. The minimum atomic E-state index is -0.477. The number of piperazine rings is 1. The van der Waals surface area contributed by atoms with Crippen LogP contribution in [0.3, 0.4) is 0 Å². The lowest BCUT2D eigenvalue weighted by atomic mass is 10.1. The fourth-order valence-electron chi connectivity index (χ4n) is 2.11. The van der Waals surface area contributed by atoms with Gasteiger partial charge < -0.3 is 4.90 Å². The average Bonchev–Trinajstić information content (AvgIpc) is 2.40. The monoisotopic (exact) mass is 263 g/mol. The van der Waals surface area contributed by atoms with E-state index in [0.29, 0.717) is 19.6 Å². The Balaban J connectivity index is 2.02. The smallest absolute Gasteiger partial charge is 0.316 e. The van der Waals surface area contributed by atoms with Crippen molar-refractivity contribution < 1.29 is 4.79 Å². The molecule has 0 N–H and O–H groups in total. The van der Waals surface area contributed by atoms with E-state index in [1.807, 2.05) is 30.3 Å². The van der Waals surface area contributed by atoms with Crippen molar-refractivity contribution in [2.45, 2.75) is 12.6 Å². The van der Waals surface area contributed by atoms with Crippen molar-refractivity contribution in [2.24, 2.45) is 0 Å². The van der Waals surface area contributed by atoms with Gasteiger partial charge in [-0.25, -0.2) is 0 Å². The number of nitriles is 1. The van der Waals surface area contributed by atoms with Crippen LogP contribution in [0, 0.1) is 11.3 Å². The van der Waals surface area contributed by atoms with Crippen LogP contribution in [0.4, 0.5) is 4.79 Å². The van der Waals surface area contributed by atoms with Crippen LogP contribution in [0.2, 0.25) is 0 Å². The number of rotatable bonds is 2. The first-order chi connectivity index (χ1) is 8.70. The molecule has 1 aliphatic heterocycles. The SMILES string of the molecule is N#CC1CN(C(=O)Cl)CCN1Cc1ccccc1. The Morgan fingerprint density at radius 1 is 1.39 bits per heavy atom. The van der Waals surface area contributed by atoms with Gasteiger partial charge in [-0.1, -0.05) is 30.3 Å². The van der Waals surface area contributed by atoms with E-state index in [9.17, 15) is 4.79 Å². The van der Waals surface area contributed by atoms with Crippen molar-refractivity contribution in [3.63, 3.8) is 0 Å². The summed E-state index contributed by atoms with van der Waals surface area (Å²) in [5.41, 5.74) is 1.17. The number of carbonyl (C=O) groups is 1. The summed E-state index contributed by atoms with van der Waals surface area (Å²) in [6, 6.07) is 11.9. The van der Waals surface area contributed by atoms with E-state index in [4.69, 9.17) is 16.9 Å². The van der Waals surface area contributed by atoms with Gasteiger partial charge >= 0.3 is 5.37 Å². The van der Waals surface area contributed by atoms with Gasteiger partial charge in [-0.3, -0.25) is 9.69 Å². The predicted molar refractivity (Wildman–Crippen MR) is 69.1 cm³/mol. The summed E-state index contributed by atoms with van der Waals surface area (Å²) in [5.74, 6) is 0. The third kappa shape index (κ3) is 3.00. The molecule has 0 spiro atoms. The number of halogens is 1. The van der Waals surface area contributed by atoms with Crippen LogP contribution >= 0.6 is 11.6 Å². The Morgan fingerprint density at radius 2 is 2.11 bits per heavy atom. The van der Waals surface area contributed by atoms with Crippen LogP contribution in [0.1, 0.15) is 5.56 Å². The molecule has 1 aromatic carbocycles. The van der Waals surface area contributed by atoms with E-state index in [1.54, 1.807) is 0 Å². The maximum atomic E-state index is 11.1. The van der Waals surface area contributed by atoms with Crippen LogP contribution in [0.25, 0.3) is 0 Å². The average molecular weight is 264 g/mol. The minimum Gasteiger partial charge on any atom is -0.325 e. The Hall–Kier alpha value is -1.57. The Kier molecular flexibility index (Phi) is 4.19. The lowest BCUT2D eigenvalue weighted by molar-refractivity contribution is 0.118. The van der Waals surface area contributed by atoms with Gasteiger partial charge in [0.1, 0.15) is 6.04 Å². The molecule has 1 amide bonds. The first-order valence-corrected chi connectivity index (χ1v) is 6.20. The molecule has 2 rings (SSSR count). The highest BCUT2D eigenvalue weighted by Crippen LogP contribution is 2.14. The molecule has 1 atom stereocenters. The molecule has 0 saturated carbocycles. The van der Waals surface area contributed by atoms with E-state index < -0.39 is 5.37 Å². The van der Waals surface area contributed by atoms with Gasteiger partial charge in [0.25, 0.3) is 0 Å². The molecule has 4 nitrogen and oxygen atoms in total. The van der Waals surface area contributed by atoms with Crippen molar-refractivity contribution in [1.29, 1.82) is 5.26 Å². The third-order valence-electron chi connectivity index (χ3n) is 3.12. The lowest BCUT2D eigenvalue weighted by Crippen LogP contribution is -2.52.